The minimum atomic E-state index is -0.216. The fraction of sp³-hybridized carbons (Fsp3) is 0.400. The van der Waals surface area contributed by atoms with Gasteiger partial charge in [0.2, 0.25) is 0 Å². The van der Waals surface area contributed by atoms with E-state index in [1.807, 2.05) is 6.08 Å². The lowest BCUT2D eigenvalue weighted by atomic mass is 9.99. The second kappa shape index (κ2) is 7.84. The molecule has 2 N–H and O–H groups in total. The molecule has 2 aromatic rings. The second-order valence-electron chi connectivity index (χ2n) is 6.69. The van der Waals surface area contributed by atoms with Crippen LogP contribution in [0, 0.1) is 13.8 Å². The van der Waals surface area contributed by atoms with E-state index in [-0.39, 0.29) is 5.91 Å². The van der Waals surface area contributed by atoms with E-state index in [0.29, 0.717) is 17.3 Å². The molecule has 1 amide bonds. The Hall–Kier alpha value is -2.80. The minimum absolute atomic E-state index is 0.216. The molecular formula is C20H26N6O. The predicted octanol–water partition coefficient (Wildman–Crippen LogP) is 2.74. The van der Waals surface area contributed by atoms with Crippen molar-refractivity contribution in [2.24, 2.45) is 5.10 Å². The van der Waals surface area contributed by atoms with Gasteiger partial charge in [-0.05, 0) is 57.1 Å². The van der Waals surface area contributed by atoms with Gasteiger partial charge in [0.05, 0.1) is 18.0 Å². The zero-order valence-corrected chi connectivity index (χ0v) is 16.5. The average Bonchev–Trinajstić information content (AvgIpc) is 3.16. The van der Waals surface area contributed by atoms with E-state index >= 15 is 0 Å². The number of hydrogen-bond acceptors (Lipinski definition) is 5. The van der Waals surface area contributed by atoms with Crippen molar-refractivity contribution in [2.45, 2.75) is 40.7 Å². The number of aryl methyl sites for hydroxylation is 1. The predicted molar refractivity (Wildman–Crippen MR) is 106 cm³/mol. The third-order valence-corrected chi connectivity index (χ3v) is 5.23. The van der Waals surface area contributed by atoms with Gasteiger partial charge >= 0.3 is 0 Å². The SMILES string of the molecule is CCN(CC)C(C)c1c(C)[nH]c(/C=C2/C(=O)NN=C2c2ccnnc2)c1C. The van der Waals surface area contributed by atoms with Gasteiger partial charge in [0.15, 0.2) is 0 Å². The quantitative estimate of drug-likeness (QED) is 0.770. The number of aromatic amines is 1. The molecule has 7 heteroatoms. The maximum atomic E-state index is 12.3. The number of rotatable bonds is 6. The number of H-pyrrole nitrogens is 1. The topological polar surface area (TPSA) is 86.3 Å². The lowest BCUT2D eigenvalue weighted by Gasteiger charge is -2.27. The summed E-state index contributed by atoms with van der Waals surface area (Å²) in [7, 11) is 0. The van der Waals surface area contributed by atoms with Gasteiger partial charge in [-0.3, -0.25) is 9.69 Å². The van der Waals surface area contributed by atoms with Gasteiger partial charge in [-0.2, -0.15) is 15.3 Å². The highest BCUT2D eigenvalue weighted by Crippen LogP contribution is 2.30. The Morgan fingerprint density at radius 3 is 2.59 bits per heavy atom. The van der Waals surface area contributed by atoms with Crippen molar-refractivity contribution in [3.63, 3.8) is 0 Å². The third-order valence-electron chi connectivity index (χ3n) is 5.23. The summed E-state index contributed by atoms with van der Waals surface area (Å²) in [5.74, 6) is -0.216. The first-order valence-corrected chi connectivity index (χ1v) is 9.28. The molecule has 0 saturated heterocycles. The van der Waals surface area contributed by atoms with Crippen LogP contribution >= 0.6 is 0 Å². The molecular weight excluding hydrogens is 340 g/mol. The molecule has 3 heterocycles. The van der Waals surface area contributed by atoms with Crippen molar-refractivity contribution >= 4 is 17.7 Å². The summed E-state index contributed by atoms with van der Waals surface area (Å²) < 4.78 is 0. The van der Waals surface area contributed by atoms with Crippen molar-refractivity contribution in [3.05, 3.63) is 52.1 Å². The molecule has 0 bridgehead atoms. The van der Waals surface area contributed by atoms with Crippen LogP contribution in [0.4, 0.5) is 0 Å². The van der Waals surface area contributed by atoms with E-state index in [0.717, 1.165) is 35.6 Å². The van der Waals surface area contributed by atoms with Crippen molar-refractivity contribution < 1.29 is 4.79 Å². The standard InChI is InChI=1S/C20H26N6O/c1-6-26(7-2)14(5)18-12(3)17(23-13(18)4)10-16-19(24-25-20(16)27)15-8-9-21-22-11-15/h8-11,14,23H,6-7H2,1-5H3,(H,25,27)/b16-10+. The molecule has 1 unspecified atom stereocenters. The summed E-state index contributed by atoms with van der Waals surface area (Å²) in [5, 5.41) is 11.8. The Labute approximate surface area is 159 Å². The molecule has 0 saturated carbocycles. The molecule has 1 aliphatic heterocycles. The fourth-order valence-electron chi connectivity index (χ4n) is 3.78. The van der Waals surface area contributed by atoms with Crippen molar-refractivity contribution in [1.29, 1.82) is 0 Å². The Balaban J connectivity index is 2.01. The van der Waals surface area contributed by atoms with Crippen LogP contribution in [-0.2, 0) is 4.79 Å². The molecule has 1 aliphatic rings. The van der Waals surface area contributed by atoms with E-state index in [1.54, 1.807) is 18.5 Å². The summed E-state index contributed by atoms with van der Waals surface area (Å²) in [6.07, 6.45) is 5.07. The first kappa shape index (κ1) is 19.0. The number of aromatic nitrogens is 3. The molecule has 1 atom stereocenters. The van der Waals surface area contributed by atoms with Gasteiger partial charge in [0, 0.05) is 23.0 Å². The summed E-state index contributed by atoms with van der Waals surface area (Å²) in [6.45, 7) is 12.7. The second-order valence-corrected chi connectivity index (χ2v) is 6.69. The first-order valence-electron chi connectivity index (χ1n) is 9.28. The van der Waals surface area contributed by atoms with Gasteiger partial charge in [-0.1, -0.05) is 13.8 Å². The largest absolute Gasteiger partial charge is 0.359 e. The third kappa shape index (κ3) is 3.55. The number of hydrazone groups is 1. The molecule has 0 aliphatic carbocycles. The van der Waals surface area contributed by atoms with Crippen molar-refractivity contribution in [1.82, 2.24) is 25.5 Å². The molecule has 0 radical (unpaired) electrons. The Morgan fingerprint density at radius 1 is 1.22 bits per heavy atom. The van der Waals surface area contributed by atoms with E-state index in [9.17, 15) is 4.79 Å². The van der Waals surface area contributed by atoms with Crippen LogP contribution in [0.25, 0.3) is 6.08 Å². The lowest BCUT2D eigenvalue weighted by Crippen LogP contribution is -2.27. The van der Waals surface area contributed by atoms with E-state index in [1.165, 1.54) is 5.56 Å². The van der Waals surface area contributed by atoms with Crippen molar-refractivity contribution in [3.8, 4) is 0 Å². The monoisotopic (exact) mass is 366 g/mol. The Morgan fingerprint density at radius 2 is 1.96 bits per heavy atom. The molecule has 0 spiro atoms. The smallest absolute Gasteiger partial charge is 0.273 e. The summed E-state index contributed by atoms with van der Waals surface area (Å²) in [6, 6.07) is 2.10. The Bertz CT molecular complexity index is 893. The molecule has 0 fully saturated rings. The van der Waals surface area contributed by atoms with Crippen LogP contribution in [0.1, 0.15) is 54.9 Å². The molecule has 0 aromatic carbocycles. The highest BCUT2D eigenvalue weighted by atomic mass is 16.2. The fourth-order valence-corrected chi connectivity index (χ4v) is 3.78. The highest BCUT2D eigenvalue weighted by Gasteiger charge is 2.26. The lowest BCUT2D eigenvalue weighted by molar-refractivity contribution is -0.116. The number of hydrogen-bond donors (Lipinski definition) is 2. The summed E-state index contributed by atoms with van der Waals surface area (Å²) in [4.78, 5) is 18.2. The first-order chi connectivity index (χ1) is 13.0. The van der Waals surface area contributed by atoms with E-state index < -0.39 is 0 Å². The van der Waals surface area contributed by atoms with Crippen LogP contribution in [0.5, 0.6) is 0 Å². The normalized spacial score (nSPS) is 16.7. The van der Waals surface area contributed by atoms with Gasteiger partial charge in [0.25, 0.3) is 5.91 Å². The zero-order valence-electron chi connectivity index (χ0n) is 16.5. The summed E-state index contributed by atoms with van der Waals surface area (Å²) in [5.41, 5.74) is 8.92. The molecule has 142 valence electrons. The zero-order chi connectivity index (χ0) is 19.6. The van der Waals surface area contributed by atoms with Crippen molar-refractivity contribution in [2.75, 3.05) is 13.1 Å². The van der Waals surface area contributed by atoms with Crippen LogP contribution in [0.2, 0.25) is 0 Å². The number of nitrogens with one attached hydrogen (secondary N) is 2. The molecule has 3 rings (SSSR count). The van der Waals surface area contributed by atoms with Gasteiger partial charge in [-0.15, -0.1) is 0 Å². The highest BCUT2D eigenvalue weighted by molar-refractivity contribution is 6.33. The van der Waals surface area contributed by atoms with E-state index in [4.69, 9.17) is 0 Å². The Kier molecular flexibility index (Phi) is 5.51. The summed E-state index contributed by atoms with van der Waals surface area (Å²) >= 11 is 0. The number of nitrogens with zero attached hydrogens (tertiary/aromatic N) is 4. The minimum Gasteiger partial charge on any atom is -0.359 e. The number of amides is 1. The van der Waals surface area contributed by atoms with E-state index in [2.05, 4.69) is 65.2 Å². The molecule has 2 aromatic heterocycles. The molecule has 7 nitrogen and oxygen atoms in total. The van der Waals surface area contributed by atoms with Gasteiger partial charge in [0.1, 0.15) is 5.71 Å². The van der Waals surface area contributed by atoms with Gasteiger partial charge in [-0.25, -0.2) is 5.43 Å². The van der Waals surface area contributed by atoms with Crippen LogP contribution in [0.15, 0.2) is 29.1 Å². The van der Waals surface area contributed by atoms with Crippen LogP contribution in [0.3, 0.4) is 0 Å². The van der Waals surface area contributed by atoms with Crippen LogP contribution < -0.4 is 5.43 Å². The maximum Gasteiger partial charge on any atom is 0.273 e. The number of carbonyl (C=O) groups is 1. The average molecular weight is 366 g/mol. The molecule has 27 heavy (non-hydrogen) atoms. The number of carbonyl (C=O) groups excluding carboxylic acids is 1. The van der Waals surface area contributed by atoms with Gasteiger partial charge < -0.3 is 4.98 Å². The van der Waals surface area contributed by atoms with Crippen LogP contribution in [-0.4, -0.2) is 44.8 Å². The maximum absolute atomic E-state index is 12.3.